The van der Waals surface area contributed by atoms with Crippen LogP contribution in [0.1, 0.15) is 36.9 Å². The van der Waals surface area contributed by atoms with Crippen molar-refractivity contribution in [3.8, 4) is 11.5 Å². The average Bonchev–Trinajstić information content (AvgIpc) is 3.52. The van der Waals surface area contributed by atoms with Crippen LogP contribution >= 0.6 is 23.1 Å². The first-order valence-electron chi connectivity index (χ1n) is 10.9. The molecule has 4 rings (SSSR count). The highest BCUT2D eigenvalue weighted by Gasteiger charge is 2.32. The number of aryl methyl sites for hydroxylation is 1. The average molecular weight is 485 g/mol. The van der Waals surface area contributed by atoms with Crippen LogP contribution in [0.5, 0.6) is 11.5 Å². The third-order valence-electron chi connectivity index (χ3n) is 5.71. The van der Waals surface area contributed by atoms with Crippen molar-refractivity contribution in [3.05, 3.63) is 53.6 Å². The monoisotopic (exact) mass is 484 g/mol. The molecule has 1 aliphatic heterocycles. The lowest BCUT2D eigenvalue weighted by atomic mass is 10.0. The van der Waals surface area contributed by atoms with Crippen LogP contribution in [-0.2, 0) is 11.2 Å². The molecule has 2 heterocycles. The number of amides is 1. The Bertz CT molecular complexity index is 1090. The van der Waals surface area contributed by atoms with E-state index in [0.717, 1.165) is 58.0 Å². The number of carbonyl (C=O) groups is 1. The number of benzene rings is 2. The molecule has 2 aromatic carbocycles. The summed E-state index contributed by atoms with van der Waals surface area (Å²) >= 11 is 2.88. The maximum atomic E-state index is 13.1. The Morgan fingerprint density at radius 1 is 1.18 bits per heavy atom. The molecule has 1 amide bonds. The smallest absolute Gasteiger partial charge is 0.233 e. The lowest BCUT2D eigenvalue weighted by Crippen LogP contribution is -2.32. The van der Waals surface area contributed by atoms with Crippen molar-refractivity contribution < 1.29 is 14.3 Å². The molecule has 1 aliphatic rings. The van der Waals surface area contributed by atoms with Crippen LogP contribution in [0.3, 0.4) is 0 Å². The summed E-state index contributed by atoms with van der Waals surface area (Å²) in [5.41, 5.74) is 3.26. The van der Waals surface area contributed by atoms with E-state index in [1.54, 1.807) is 14.2 Å². The van der Waals surface area contributed by atoms with E-state index in [9.17, 15) is 4.79 Å². The van der Waals surface area contributed by atoms with Gasteiger partial charge in [0.1, 0.15) is 11.5 Å². The first kappa shape index (κ1) is 23.4. The number of hydrogen-bond acceptors (Lipinski definition) is 8. The Labute approximate surface area is 202 Å². The van der Waals surface area contributed by atoms with Crippen molar-refractivity contribution in [2.24, 2.45) is 0 Å². The first-order valence-corrected chi connectivity index (χ1v) is 12.7. The van der Waals surface area contributed by atoms with Gasteiger partial charge in [0.25, 0.3) is 0 Å². The van der Waals surface area contributed by atoms with Gasteiger partial charge in [0.05, 0.1) is 26.0 Å². The fraction of sp³-hybridized carbons (Fsp3) is 0.375. The van der Waals surface area contributed by atoms with E-state index in [-0.39, 0.29) is 11.9 Å². The Kier molecular flexibility index (Phi) is 7.72. The fourth-order valence-electron chi connectivity index (χ4n) is 3.96. The Balaban J connectivity index is 1.37. The topological polar surface area (TPSA) is 76.6 Å². The number of nitrogens with zero attached hydrogens (tertiary/aromatic N) is 3. The zero-order valence-electron chi connectivity index (χ0n) is 19.0. The zero-order chi connectivity index (χ0) is 23.2. The van der Waals surface area contributed by atoms with E-state index < -0.39 is 0 Å². The SMILES string of the molecule is CCc1ccc(Nc2nnc(SCC(=O)N3CCCC3c3cc(OC)ccc3OC)s2)cc1. The summed E-state index contributed by atoms with van der Waals surface area (Å²) in [6, 6.07) is 14.0. The highest BCUT2D eigenvalue weighted by molar-refractivity contribution is 8.01. The van der Waals surface area contributed by atoms with E-state index in [0.29, 0.717) is 5.75 Å². The van der Waals surface area contributed by atoms with Crippen LogP contribution < -0.4 is 14.8 Å². The summed E-state index contributed by atoms with van der Waals surface area (Å²) in [6.45, 7) is 2.87. The summed E-state index contributed by atoms with van der Waals surface area (Å²) in [4.78, 5) is 15.0. The van der Waals surface area contributed by atoms with Crippen LogP contribution in [0, 0.1) is 0 Å². The number of nitrogens with one attached hydrogen (secondary N) is 1. The molecule has 0 bridgehead atoms. The number of aromatic nitrogens is 2. The second-order valence-corrected chi connectivity index (χ2v) is 9.89. The predicted molar refractivity (Wildman–Crippen MR) is 133 cm³/mol. The molecule has 1 fully saturated rings. The quantitative estimate of drug-likeness (QED) is 0.412. The van der Waals surface area contributed by atoms with E-state index >= 15 is 0 Å². The minimum atomic E-state index is -0.0131. The van der Waals surface area contributed by atoms with Crippen LogP contribution in [0.15, 0.2) is 46.8 Å². The molecule has 1 unspecified atom stereocenters. The maximum Gasteiger partial charge on any atom is 0.233 e. The molecule has 0 saturated carbocycles. The molecular formula is C24H28N4O3S2. The summed E-state index contributed by atoms with van der Waals surface area (Å²) in [6.07, 6.45) is 2.88. The molecule has 174 valence electrons. The number of hydrogen-bond donors (Lipinski definition) is 1. The molecule has 7 nitrogen and oxygen atoms in total. The van der Waals surface area contributed by atoms with Crippen molar-refractivity contribution in [2.75, 3.05) is 31.8 Å². The minimum absolute atomic E-state index is 0.0131. The largest absolute Gasteiger partial charge is 0.497 e. The van der Waals surface area contributed by atoms with Gasteiger partial charge in [-0.25, -0.2) is 0 Å². The van der Waals surface area contributed by atoms with Gasteiger partial charge in [0, 0.05) is 17.8 Å². The van der Waals surface area contributed by atoms with Crippen molar-refractivity contribution in [1.29, 1.82) is 0 Å². The van der Waals surface area contributed by atoms with Gasteiger partial charge in [-0.1, -0.05) is 42.2 Å². The van der Waals surface area contributed by atoms with Crippen LogP contribution in [0.4, 0.5) is 10.8 Å². The summed E-state index contributed by atoms with van der Waals surface area (Å²) in [5, 5.41) is 12.4. The molecule has 1 aromatic heterocycles. The van der Waals surface area contributed by atoms with Crippen LogP contribution in [0.25, 0.3) is 0 Å². The predicted octanol–water partition coefficient (Wildman–Crippen LogP) is 5.32. The van der Waals surface area contributed by atoms with Gasteiger partial charge in [-0.15, -0.1) is 10.2 Å². The van der Waals surface area contributed by atoms with Crippen molar-refractivity contribution >= 4 is 39.8 Å². The number of carbonyl (C=O) groups excluding carboxylic acids is 1. The fourth-order valence-corrected chi connectivity index (χ4v) is 5.62. The standard InChI is InChI=1S/C24H28N4O3S2/c1-4-16-7-9-17(10-8-16)25-23-26-27-24(33-23)32-15-22(29)28-13-5-6-20(28)19-14-18(30-2)11-12-21(19)31-3/h7-12,14,20H,4-6,13,15H2,1-3H3,(H,25,26). The molecule has 1 N–H and O–H groups in total. The third-order valence-corrected chi connectivity index (χ3v) is 7.66. The summed E-state index contributed by atoms with van der Waals surface area (Å²) < 4.78 is 11.7. The number of anilines is 2. The van der Waals surface area contributed by atoms with Crippen molar-refractivity contribution in [3.63, 3.8) is 0 Å². The van der Waals surface area contributed by atoms with Crippen molar-refractivity contribution in [2.45, 2.75) is 36.6 Å². The zero-order valence-corrected chi connectivity index (χ0v) is 20.7. The maximum absolute atomic E-state index is 13.1. The lowest BCUT2D eigenvalue weighted by Gasteiger charge is -2.26. The van der Waals surface area contributed by atoms with E-state index in [1.165, 1.54) is 28.7 Å². The summed E-state index contributed by atoms with van der Waals surface area (Å²) in [5.74, 6) is 1.95. The Morgan fingerprint density at radius 3 is 2.73 bits per heavy atom. The molecule has 9 heteroatoms. The van der Waals surface area contributed by atoms with Gasteiger partial charge in [-0.05, 0) is 55.2 Å². The van der Waals surface area contributed by atoms with Gasteiger partial charge >= 0.3 is 0 Å². The third kappa shape index (κ3) is 5.59. The van der Waals surface area contributed by atoms with Gasteiger partial charge in [0.2, 0.25) is 11.0 Å². The molecule has 3 aromatic rings. The van der Waals surface area contributed by atoms with Gasteiger partial charge in [0.15, 0.2) is 4.34 Å². The number of likely N-dealkylation sites (tertiary alicyclic amines) is 1. The highest BCUT2D eigenvalue weighted by atomic mass is 32.2. The minimum Gasteiger partial charge on any atom is -0.497 e. The lowest BCUT2D eigenvalue weighted by molar-refractivity contribution is -0.129. The van der Waals surface area contributed by atoms with E-state index in [1.807, 2.05) is 35.2 Å². The molecule has 33 heavy (non-hydrogen) atoms. The number of thioether (sulfide) groups is 1. The molecular weight excluding hydrogens is 456 g/mol. The normalized spacial score (nSPS) is 15.5. The first-order chi connectivity index (χ1) is 16.1. The number of methoxy groups -OCH3 is 2. The van der Waals surface area contributed by atoms with Gasteiger partial charge in [-0.2, -0.15) is 0 Å². The Morgan fingerprint density at radius 2 is 2.00 bits per heavy atom. The van der Waals surface area contributed by atoms with Crippen LogP contribution in [0.2, 0.25) is 0 Å². The molecule has 0 radical (unpaired) electrons. The molecule has 1 atom stereocenters. The molecule has 0 aliphatic carbocycles. The van der Waals surface area contributed by atoms with Gasteiger partial charge in [-0.3, -0.25) is 4.79 Å². The van der Waals surface area contributed by atoms with Crippen molar-refractivity contribution in [1.82, 2.24) is 15.1 Å². The second-order valence-electron chi connectivity index (χ2n) is 7.69. The highest BCUT2D eigenvalue weighted by Crippen LogP contribution is 2.39. The van der Waals surface area contributed by atoms with E-state index in [2.05, 4.69) is 34.6 Å². The molecule has 0 spiro atoms. The second kappa shape index (κ2) is 10.9. The summed E-state index contributed by atoms with van der Waals surface area (Å²) in [7, 11) is 3.30. The number of ether oxygens (including phenoxy) is 2. The van der Waals surface area contributed by atoms with E-state index in [4.69, 9.17) is 9.47 Å². The Hall–Kier alpha value is -2.78. The van der Waals surface area contributed by atoms with Crippen LogP contribution in [-0.4, -0.2) is 47.5 Å². The van der Waals surface area contributed by atoms with Gasteiger partial charge < -0.3 is 19.7 Å². The molecule has 1 saturated heterocycles. The number of rotatable bonds is 9.